The largest absolute Gasteiger partial charge is 0.387 e. The summed E-state index contributed by atoms with van der Waals surface area (Å²) in [6.07, 6.45) is -0.380. The Kier molecular flexibility index (Phi) is 2.69. The maximum absolute atomic E-state index is 10.1. The SMILES string of the molecule is CC1(C)c2ccc(I)cc2[C@@H](O)[C@@H]1Br. The second kappa shape index (κ2) is 3.46. The van der Waals surface area contributed by atoms with Crippen LogP contribution < -0.4 is 0 Å². The van der Waals surface area contributed by atoms with Crippen LogP contribution in [0.5, 0.6) is 0 Å². The van der Waals surface area contributed by atoms with Crippen molar-refractivity contribution in [2.45, 2.75) is 30.2 Å². The van der Waals surface area contributed by atoms with Crippen molar-refractivity contribution >= 4 is 38.5 Å². The fourth-order valence-electron chi connectivity index (χ4n) is 2.07. The predicted molar refractivity (Wildman–Crippen MR) is 69.9 cm³/mol. The number of aliphatic hydroxyl groups excluding tert-OH is 1. The number of alkyl halides is 1. The van der Waals surface area contributed by atoms with Gasteiger partial charge in [0.2, 0.25) is 0 Å². The Morgan fingerprint density at radius 1 is 1.43 bits per heavy atom. The van der Waals surface area contributed by atoms with Crippen LogP contribution in [0.2, 0.25) is 0 Å². The smallest absolute Gasteiger partial charge is 0.0926 e. The fraction of sp³-hybridized carbons (Fsp3) is 0.455. The summed E-state index contributed by atoms with van der Waals surface area (Å²) in [5, 5.41) is 10.1. The first-order chi connectivity index (χ1) is 6.44. The summed E-state index contributed by atoms with van der Waals surface area (Å²) in [5.41, 5.74) is 2.34. The predicted octanol–water partition coefficient (Wildman–Crippen LogP) is 3.38. The lowest BCUT2D eigenvalue weighted by Gasteiger charge is -2.24. The molecule has 1 aromatic rings. The van der Waals surface area contributed by atoms with Gasteiger partial charge in [-0.1, -0.05) is 35.8 Å². The molecule has 1 aliphatic rings. The summed E-state index contributed by atoms with van der Waals surface area (Å²) in [5.74, 6) is 0. The minimum atomic E-state index is -0.380. The number of aliphatic hydroxyl groups is 1. The highest BCUT2D eigenvalue weighted by Gasteiger charge is 2.44. The minimum absolute atomic E-state index is 0.0130. The number of rotatable bonds is 0. The third-order valence-corrected chi connectivity index (χ3v) is 5.31. The van der Waals surface area contributed by atoms with Gasteiger partial charge < -0.3 is 5.11 Å². The van der Waals surface area contributed by atoms with Gasteiger partial charge in [-0.3, -0.25) is 0 Å². The Labute approximate surface area is 106 Å². The highest BCUT2D eigenvalue weighted by Crippen LogP contribution is 2.48. The number of halogens is 2. The second-order valence-corrected chi connectivity index (χ2v) is 6.53. The third-order valence-electron chi connectivity index (χ3n) is 2.99. The molecular weight excluding hydrogens is 355 g/mol. The van der Waals surface area contributed by atoms with Crippen LogP contribution in [-0.4, -0.2) is 9.93 Å². The van der Waals surface area contributed by atoms with Crippen LogP contribution in [0.15, 0.2) is 18.2 Å². The molecule has 1 aromatic carbocycles. The van der Waals surface area contributed by atoms with E-state index < -0.39 is 0 Å². The summed E-state index contributed by atoms with van der Waals surface area (Å²) >= 11 is 5.85. The number of benzene rings is 1. The number of hydrogen-bond donors (Lipinski definition) is 1. The molecule has 0 saturated heterocycles. The van der Waals surface area contributed by atoms with E-state index in [2.05, 4.69) is 70.6 Å². The molecule has 0 aliphatic heterocycles. The molecule has 0 radical (unpaired) electrons. The van der Waals surface area contributed by atoms with E-state index in [9.17, 15) is 5.11 Å². The van der Waals surface area contributed by atoms with Crippen LogP contribution in [0, 0.1) is 3.57 Å². The van der Waals surface area contributed by atoms with Gasteiger partial charge >= 0.3 is 0 Å². The first-order valence-electron chi connectivity index (χ1n) is 4.56. The Balaban J connectivity index is 2.62. The van der Waals surface area contributed by atoms with Gasteiger partial charge in [0.05, 0.1) is 10.9 Å². The van der Waals surface area contributed by atoms with Gasteiger partial charge in [-0.2, -0.15) is 0 Å². The molecule has 3 heteroatoms. The van der Waals surface area contributed by atoms with Crippen molar-refractivity contribution in [3.8, 4) is 0 Å². The zero-order chi connectivity index (χ0) is 10.5. The first kappa shape index (κ1) is 10.9. The van der Waals surface area contributed by atoms with Crippen LogP contribution >= 0.6 is 38.5 Å². The second-order valence-electron chi connectivity index (χ2n) is 4.30. The van der Waals surface area contributed by atoms with Crippen LogP contribution in [0.4, 0.5) is 0 Å². The molecular formula is C11H12BrIO. The average molecular weight is 367 g/mol. The van der Waals surface area contributed by atoms with Crippen molar-refractivity contribution in [3.63, 3.8) is 0 Å². The standard InChI is InChI=1S/C11H12BrIO/c1-11(2)8-4-3-6(13)5-7(8)9(14)10(11)12/h3-5,9-10,14H,1-2H3/t9-,10+/m1/s1. The lowest BCUT2D eigenvalue weighted by molar-refractivity contribution is 0.171. The number of hydrogen-bond acceptors (Lipinski definition) is 1. The van der Waals surface area contributed by atoms with Crippen molar-refractivity contribution in [2.75, 3.05) is 0 Å². The van der Waals surface area contributed by atoms with E-state index in [1.165, 1.54) is 9.13 Å². The quantitative estimate of drug-likeness (QED) is 0.551. The van der Waals surface area contributed by atoms with Crippen LogP contribution in [0.1, 0.15) is 31.1 Å². The summed E-state index contributed by atoms with van der Waals surface area (Å²) < 4.78 is 1.18. The third kappa shape index (κ3) is 1.44. The molecule has 1 N–H and O–H groups in total. The highest BCUT2D eigenvalue weighted by molar-refractivity contribution is 14.1. The Hall–Kier alpha value is 0.390. The maximum Gasteiger partial charge on any atom is 0.0926 e. The molecule has 2 rings (SSSR count). The number of fused-ring (bicyclic) bond motifs is 1. The normalized spacial score (nSPS) is 28.9. The van der Waals surface area contributed by atoms with E-state index in [0.29, 0.717) is 0 Å². The molecule has 0 aromatic heterocycles. The van der Waals surface area contributed by atoms with E-state index in [1.807, 2.05) is 0 Å². The molecule has 76 valence electrons. The van der Waals surface area contributed by atoms with E-state index in [4.69, 9.17) is 0 Å². The van der Waals surface area contributed by atoms with Crippen molar-refractivity contribution in [2.24, 2.45) is 0 Å². The summed E-state index contributed by atoms with van der Waals surface area (Å²) in [7, 11) is 0. The molecule has 0 bridgehead atoms. The molecule has 0 amide bonds. The summed E-state index contributed by atoms with van der Waals surface area (Å²) in [6, 6.07) is 6.30. The van der Waals surface area contributed by atoms with E-state index in [0.717, 1.165) is 5.56 Å². The van der Waals surface area contributed by atoms with Gasteiger partial charge in [0.25, 0.3) is 0 Å². The van der Waals surface area contributed by atoms with E-state index in [1.54, 1.807) is 0 Å². The highest BCUT2D eigenvalue weighted by atomic mass is 127. The zero-order valence-electron chi connectivity index (χ0n) is 8.09. The van der Waals surface area contributed by atoms with Crippen molar-refractivity contribution < 1.29 is 5.11 Å². The Morgan fingerprint density at radius 2 is 2.07 bits per heavy atom. The Bertz CT molecular complexity index is 376. The molecule has 1 nitrogen and oxygen atoms in total. The van der Waals surface area contributed by atoms with Crippen molar-refractivity contribution in [1.29, 1.82) is 0 Å². The molecule has 0 unspecified atom stereocenters. The van der Waals surface area contributed by atoms with Gasteiger partial charge in [-0.25, -0.2) is 0 Å². The van der Waals surface area contributed by atoms with Crippen LogP contribution in [0.25, 0.3) is 0 Å². The Morgan fingerprint density at radius 3 is 2.71 bits per heavy atom. The van der Waals surface area contributed by atoms with Gasteiger partial charge in [0.1, 0.15) is 0 Å². The van der Waals surface area contributed by atoms with E-state index in [-0.39, 0.29) is 16.3 Å². The van der Waals surface area contributed by atoms with E-state index >= 15 is 0 Å². The minimum Gasteiger partial charge on any atom is -0.387 e. The molecule has 0 heterocycles. The molecule has 1 aliphatic carbocycles. The average Bonchev–Trinajstić information content (AvgIpc) is 2.28. The van der Waals surface area contributed by atoms with Crippen molar-refractivity contribution in [3.05, 3.63) is 32.9 Å². The topological polar surface area (TPSA) is 20.2 Å². The fourth-order valence-corrected chi connectivity index (χ4v) is 3.11. The molecule has 0 saturated carbocycles. The van der Waals surface area contributed by atoms with Gasteiger partial charge in [0, 0.05) is 8.99 Å². The van der Waals surface area contributed by atoms with Crippen LogP contribution in [0.3, 0.4) is 0 Å². The van der Waals surface area contributed by atoms with Gasteiger partial charge in [-0.05, 0) is 45.9 Å². The van der Waals surface area contributed by atoms with Gasteiger partial charge in [0.15, 0.2) is 0 Å². The lowest BCUT2D eigenvalue weighted by atomic mass is 9.86. The monoisotopic (exact) mass is 366 g/mol. The van der Waals surface area contributed by atoms with Crippen molar-refractivity contribution in [1.82, 2.24) is 0 Å². The van der Waals surface area contributed by atoms with Gasteiger partial charge in [-0.15, -0.1) is 0 Å². The maximum atomic E-state index is 10.1. The zero-order valence-corrected chi connectivity index (χ0v) is 11.8. The lowest BCUT2D eigenvalue weighted by Crippen LogP contribution is -2.25. The first-order valence-corrected chi connectivity index (χ1v) is 6.56. The summed E-state index contributed by atoms with van der Waals surface area (Å²) in [6.45, 7) is 4.32. The molecule has 14 heavy (non-hydrogen) atoms. The summed E-state index contributed by atoms with van der Waals surface area (Å²) in [4.78, 5) is 0.114. The van der Waals surface area contributed by atoms with Crippen LogP contribution in [-0.2, 0) is 5.41 Å². The molecule has 0 spiro atoms. The molecule has 0 fully saturated rings. The molecule has 2 atom stereocenters.